The second-order valence-electron chi connectivity index (χ2n) is 5.78. The van der Waals surface area contributed by atoms with Crippen molar-refractivity contribution in [2.24, 2.45) is 0 Å². The van der Waals surface area contributed by atoms with E-state index in [0.717, 1.165) is 0 Å². The van der Waals surface area contributed by atoms with Crippen LogP contribution in [0.3, 0.4) is 0 Å². The number of carboxylic acid groups (broad SMARTS) is 1. The number of aliphatic carboxylic acids is 1. The van der Waals surface area contributed by atoms with Crippen LogP contribution in [-0.4, -0.2) is 49.8 Å². The molecule has 1 atom stereocenters. The lowest BCUT2D eigenvalue weighted by Crippen LogP contribution is -2.51. The Bertz CT molecular complexity index is 836. The Labute approximate surface area is 149 Å². The number of aryl methyl sites for hydroxylation is 1. The van der Waals surface area contributed by atoms with Crippen molar-refractivity contribution in [1.82, 2.24) is 19.7 Å². The summed E-state index contributed by atoms with van der Waals surface area (Å²) in [7, 11) is 1.50. The maximum atomic E-state index is 12.8. The lowest BCUT2D eigenvalue weighted by molar-refractivity contribution is -0.152. The third-order valence-corrected chi connectivity index (χ3v) is 4.48. The number of amides is 1. The monoisotopic (exact) mass is 364 g/mol. The quantitative estimate of drug-likeness (QED) is 0.877. The molecule has 8 nitrogen and oxygen atoms in total. The predicted molar refractivity (Wildman–Crippen MR) is 88.4 cm³/mol. The van der Waals surface area contributed by atoms with Crippen LogP contribution in [0.15, 0.2) is 18.2 Å². The van der Waals surface area contributed by atoms with Crippen LogP contribution in [-0.2, 0) is 29.1 Å². The summed E-state index contributed by atoms with van der Waals surface area (Å²) in [4.78, 5) is 25.7. The second kappa shape index (κ2) is 6.72. The standard InChI is InChI=1S/C16H17ClN4O4/c1-9-18-19-14-8-21(12(16(23)24)7-20(9)14)15(22)6-10-5-11(17)3-4-13(10)25-2/h3-5,12H,6-8H2,1-2H3,(H,23,24). The molecule has 0 fully saturated rings. The molecule has 1 aliphatic heterocycles. The summed E-state index contributed by atoms with van der Waals surface area (Å²) in [6.07, 6.45) is -0.0133. The summed E-state index contributed by atoms with van der Waals surface area (Å²) >= 11 is 6.00. The van der Waals surface area contributed by atoms with E-state index in [1.807, 2.05) is 0 Å². The van der Waals surface area contributed by atoms with Gasteiger partial charge in [-0.1, -0.05) is 11.6 Å². The summed E-state index contributed by atoms with van der Waals surface area (Å²) in [6.45, 7) is 1.98. The Morgan fingerprint density at radius 3 is 2.84 bits per heavy atom. The molecule has 0 aliphatic carbocycles. The SMILES string of the molecule is COc1ccc(Cl)cc1CC(=O)N1Cc2nnc(C)n2CC1C(=O)O. The first kappa shape index (κ1) is 17.2. The van der Waals surface area contributed by atoms with Gasteiger partial charge in [0, 0.05) is 10.6 Å². The average Bonchev–Trinajstić information content (AvgIpc) is 2.94. The van der Waals surface area contributed by atoms with Gasteiger partial charge in [0.15, 0.2) is 5.82 Å². The highest BCUT2D eigenvalue weighted by molar-refractivity contribution is 6.30. The first-order valence-corrected chi connectivity index (χ1v) is 8.02. The molecular formula is C16H17ClN4O4. The van der Waals surface area contributed by atoms with Gasteiger partial charge in [-0.05, 0) is 25.1 Å². The van der Waals surface area contributed by atoms with Crippen molar-refractivity contribution in [3.8, 4) is 5.75 Å². The lowest BCUT2D eigenvalue weighted by Gasteiger charge is -2.33. The van der Waals surface area contributed by atoms with Gasteiger partial charge in [0.1, 0.15) is 17.6 Å². The molecule has 132 valence electrons. The van der Waals surface area contributed by atoms with Gasteiger partial charge in [-0.15, -0.1) is 10.2 Å². The van der Waals surface area contributed by atoms with E-state index in [9.17, 15) is 14.7 Å². The number of aromatic nitrogens is 3. The van der Waals surface area contributed by atoms with E-state index in [1.54, 1.807) is 29.7 Å². The van der Waals surface area contributed by atoms with Crippen LogP contribution in [0.4, 0.5) is 0 Å². The van der Waals surface area contributed by atoms with Crippen molar-refractivity contribution in [1.29, 1.82) is 0 Å². The molecule has 1 amide bonds. The zero-order valence-electron chi connectivity index (χ0n) is 13.8. The molecule has 0 bridgehead atoms. The van der Waals surface area contributed by atoms with Gasteiger partial charge in [0.2, 0.25) is 5.91 Å². The zero-order chi connectivity index (χ0) is 18.1. The number of methoxy groups -OCH3 is 1. The molecule has 1 aromatic heterocycles. The van der Waals surface area contributed by atoms with Gasteiger partial charge in [-0.2, -0.15) is 0 Å². The van der Waals surface area contributed by atoms with E-state index in [0.29, 0.717) is 28.0 Å². The molecule has 9 heteroatoms. The number of halogens is 1. The number of ether oxygens (including phenoxy) is 1. The van der Waals surface area contributed by atoms with Gasteiger partial charge in [0.05, 0.1) is 26.6 Å². The van der Waals surface area contributed by atoms with Crippen LogP contribution in [0, 0.1) is 6.92 Å². The number of rotatable bonds is 4. The summed E-state index contributed by atoms with van der Waals surface area (Å²) in [5, 5.41) is 18.0. The van der Waals surface area contributed by atoms with Crippen molar-refractivity contribution in [3.63, 3.8) is 0 Å². The van der Waals surface area contributed by atoms with Crippen LogP contribution in [0.1, 0.15) is 17.2 Å². The number of benzene rings is 1. The normalized spacial score (nSPS) is 16.4. The fourth-order valence-corrected chi connectivity index (χ4v) is 3.13. The van der Waals surface area contributed by atoms with Crippen LogP contribution in [0.5, 0.6) is 5.75 Å². The smallest absolute Gasteiger partial charge is 0.328 e. The maximum absolute atomic E-state index is 12.8. The third kappa shape index (κ3) is 3.30. The fraction of sp³-hybridized carbons (Fsp3) is 0.375. The molecule has 1 N–H and O–H groups in total. The molecule has 0 spiro atoms. The molecule has 2 aromatic rings. The van der Waals surface area contributed by atoms with Gasteiger partial charge >= 0.3 is 5.97 Å². The van der Waals surface area contributed by atoms with Crippen molar-refractivity contribution in [3.05, 3.63) is 40.4 Å². The minimum atomic E-state index is -1.06. The first-order chi connectivity index (χ1) is 11.9. The third-order valence-electron chi connectivity index (χ3n) is 4.25. The zero-order valence-corrected chi connectivity index (χ0v) is 14.5. The van der Waals surface area contributed by atoms with E-state index in [-0.39, 0.29) is 25.4 Å². The van der Waals surface area contributed by atoms with Gasteiger partial charge in [0.25, 0.3) is 0 Å². The predicted octanol–water partition coefficient (Wildman–Crippen LogP) is 1.29. The molecular weight excluding hydrogens is 348 g/mol. The molecule has 1 aliphatic rings. The van der Waals surface area contributed by atoms with Crippen LogP contribution < -0.4 is 4.74 Å². The van der Waals surface area contributed by atoms with Crippen molar-refractivity contribution >= 4 is 23.5 Å². The molecule has 3 rings (SSSR count). The largest absolute Gasteiger partial charge is 0.496 e. The number of carbonyl (C=O) groups excluding carboxylic acids is 1. The molecule has 0 saturated carbocycles. The Morgan fingerprint density at radius 1 is 1.40 bits per heavy atom. The number of carboxylic acids is 1. The van der Waals surface area contributed by atoms with Gasteiger partial charge in [-0.25, -0.2) is 4.79 Å². The number of hydrogen-bond acceptors (Lipinski definition) is 5. The summed E-state index contributed by atoms with van der Waals surface area (Å²) in [5.74, 6) is 0.331. The van der Waals surface area contributed by atoms with E-state index in [4.69, 9.17) is 16.3 Å². The van der Waals surface area contributed by atoms with Crippen LogP contribution in [0.2, 0.25) is 5.02 Å². The maximum Gasteiger partial charge on any atom is 0.328 e. The Hall–Kier alpha value is -2.61. The highest BCUT2D eigenvalue weighted by atomic mass is 35.5. The highest BCUT2D eigenvalue weighted by Gasteiger charge is 2.36. The molecule has 2 heterocycles. The topological polar surface area (TPSA) is 97.5 Å². The van der Waals surface area contributed by atoms with Crippen LogP contribution >= 0.6 is 11.6 Å². The summed E-state index contributed by atoms with van der Waals surface area (Å²) < 4.78 is 6.97. The summed E-state index contributed by atoms with van der Waals surface area (Å²) in [6, 6.07) is 4.01. The van der Waals surface area contributed by atoms with Gasteiger partial charge < -0.3 is 19.3 Å². The second-order valence-corrected chi connectivity index (χ2v) is 6.22. The van der Waals surface area contributed by atoms with E-state index < -0.39 is 12.0 Å². The summed E-state index contributed by atoms with van der Waals surface area (Å²) in [5.41, 5.74) is 0.604. The Morgan fingerprint density at radius 2 is 2.16 bits per heavy atom. The van der Waals surface area contributed by atoms with Crippen molar-refractivity contribution < 1.29 is 19.4 Å². The molecule has 1 unspecified atom stereocenters. The van der Waals surface area contributed by atoms with E-state index in [2.05, 4.69) is 10.2 Å². The molecule has 0 radical (unpaired) electrons. The molecule has 0 saturated heterocycles. The minimum absolute atomic E-state index is 0.0133. The minimum Gasteiger partial charge on any atom is -0.496 e. The number of nitrogens with zero attached hydrogens (tertiary/aromatic N) is 4. The number of carbonyl (C=O) groups is 2. The lowest BCUT2D eigenvalue weighted by atomic mass is 10.1. The Kier molecular flexibility index (Phi) is 4.63. The number of hydrogen-bond donors (Lipinski definition) is 1. The van der Waals surface area contributed by atoms with Gasteiger partial charge in [-0.3, -0.25) is 4.79 Å². The van der Waals surface area contributed by atoms with E-state index >= 15 is 0 Å². The van der Waals surface area contributed by atoms with Crippen LogP contribution in [0.25, 0.3) is 0 Å². The van der Waals surface area contributed by atoms with Crippen molar-refractivity contribution in [2.45, 2.75) is 32.5 Å². The fourth-order valence-electron chi connectivity index (χ4n) is 2.94. The molecule has 1 aromatic carbocycles. The average molecular weight is 365 g/mol. The molecule has 25 heavy (non-hydrogen) atoms. The Balaban J connectivity index is 1.88. The van der Waals surface area contributed by atoms with E-state index in [1.165, 1.54) is 12.0 Å². The number of fused-ring (bicyclic) bond motifs is 1. The highest BCUT2D eigenvalue weighted by Crippen LogP contribution is 2.25. The first-order valence-electron chi connectivity index (χ1n) is 7.64. The van der Waals surface area contributed by atoms with Crippen molar-refractivity contribution in [2.75, 3.05) is 7.11 Å².